The van der Waals surface area contributed by atoms with Gasteiger partial charge in [0.2, 0.25) is 5.95 Å². The first-order valence-electron chi connectivity index (χ1n) is 15.8. The first-order valence-corrected chi connectivity index (χ1v) is 16.2. The number of nitrogens with zero attached hydrogens (tertiary/aromatic N) is 7. The number of benzene rings is 1. The molecule has 46 heavy (non-hydrogen) atoms. The van der Waals surface area contributed by atoms with E-state index in [1.54, 1.807) is 24.7 Å². The number of hydrogen-bond donors (Lipinski definition) is 3. The van der Waals surface area contributed by atoms with Crippen LogP contribution in [0.4, 0.5) is 11.6 Å². The Morgan fingerprint density at radius 2 is 1.89 bits per heavy atom. The largest absolute Gasteiger partial charge is 0.487 e. The summed E-state index contributed by atoms with van der Waals surface area (Å²) in [6.45, 7) is 7.15. The maximum atomic E-state index is 7.15. The minimum atomic E-state index is -0.172. The predicted octanol–water partition coefficient (Wildman–Crippen LogP) is 4.79. The van der Waals surface area contributed by atoms with Gasteiger partial charge in [-0.05, 0) is 56.4 Å². The van der Waals surface area contributed by atoms with E-state index in [2.05, 4.69) is 30.6 Å². The summed E-state index contributed by atoms with van der Waals surface area (Å²) < 4.78 is 21.6. The van der Waals surface area contributed by atoms with Gasteiger partial charge in [-0.25, -0.2) is 9.97 Å². The van der Waals surface area contributed by atoms with E-state index in [1.807, 2.05) is 46.9 Å². The van der Waals surface area contributed by atoms with Gasteiger partial charge in [0.1, 0.15) is 24.1 Å². The zero-order valence-corrected chi connectivity index (χ0v) is 26.8. The molecule has 1 aromatic carbocycles. The Morgan fingerprint density at radius 1 is 1.11 bits per heavy atom. The first kappa shape index (κ1) is 31.8. The maximum Gasteiger partial charge on any atom is 0.257 e. The molecule has 0 amide bonds. The molecule has 0 spiro atoms. The van der Waals surface area contributed by atoms with Gasteiger partial charge in [0.15, 0.2) is 0 Å². The van der Waals surface area contributed by atoms with Gasteiger partial charge < -0.3 is 24.8 Å². The highest BCUT2D eigenvalue weighted by molar-refractivity contribution is 6.32. The Kier molecular flexibility index (Phi) is 10.6. The summed E-state index contributed by atoms with van der Waals surface area (Å²) in [6, 6.07) is 8.38. The van der Waals surface area contributed by atoms with Crippen LogP contribution >= 0.6 is 11.6 Å². The van der Waals surface area contributed by atoms with Crippen molar-refractivity contribution in [2.24, 2.45) is 0 Å². The van der Waals surface area contributed by atoms with Gasteiger partial charge in [-0.2, -0.15) is 5.10 Å². The van der Waals surface area contributed by atoms with Gasteiger partial charge in [-0.1, -0.05) is 17.7 Å². The van der Waals surface area contributed by atoms with Crippen molar-refractivity contribution in [3.05, 3.63) is 60.3 Å². The predicted molar refractivity (Wildman–Crippen MR) is 176 cm³/mol. The number of nitrogens with one attached hydrogen (secondary N) is 3. The Bertz CT molecular complexity index is 1530. The third kappa shape index (κ3) is 8.14. The lowest BCUT2D eigenvalue weighted by atomic mass is 9.90. The summed E-state index contributed by atoms with van der Waals surface area (Å²) in [7, 11) is 0. The van der Waals surface area contributed by atoms with Crippen molar-refractivity contribution in [1.82, 2.24) is 39.7 Å². The number of rotatable bonds is 14. The van der Waals surface area contributed by atoms with Crippen LogP contribution in [0.25, 0.3) is 11.1 Å². The summed E-state index contributed by atoms with van der Waals surface area (Å²) in [5.41, 5.74) is 2.42. The second-order valence-electron chi connectivity index (χ2n) is 11.6. The van der Waals surface area contributed by atoms with E-state index in [1.165, 1.54) is 0 Å². The molecule has 0 radical (unpaired) electrons. The molecule has 4 heterocycles. The van der Waals surface area contributed by atoms with E-state index in [0.717, 1.165) is 75.1 Å². The van der Waals surface area contributed by atoms with E-state index >= 15 is 0 Å². The molecule has 13 nitrogen and oxygen atoms in total. The molecule has 6 rings (SSSR count). The quantitative estimate of drug-likeness (QED) is 0.129. The van der Waals surface area contributed by atoms with Crippen molar-refractivity contribution in [3.63, 3.8) is 0 Å². The van der Waals surface area contributed by atoms with Gasteiger partial charge >= 0.3 is 0 Å². The van der Waals surface area contributed by atoms with Crippen LogP contribution < -0.4 is 20.1 Å². The fourth-order valence-electron chi connectivity index (χ4n) is 5.97. The normalized spacial score (nSPS) is 19.3. The van der Waals surface area contributed by atoms with Gasteiger partial charge in [0.05, 0.1) is 49.9 Å². The second-order valence-corrected chi connectivity index (χ2v) is 12.0. The van der Waals surface area contributed by atoms with Crippen LogP contribution in [0.1, 0.15) is 38.6 Å². The highest BCUT2D eigenvalue weighted by Gasteiger charge is 2.29. The summed E-state index contributed by atoms with van der Waals surface area (Å²) in [5, 5.41) is 23.0. The number of hydrogen-bond acceptors (Lipinski definition) is 10. The molecule has 4 aromatic rings. The molecule has 2 aliphatic rings. The first-order chi connectivity index (χ1) is 22.6. The van der Waals surface area contributed by atoms with E-state index in [4.69, 9.17) is 36.3 Å². The van der Waals surface area contributed by atoms with Crippen molar-refractivity contribution in [1.29, 1.82) is 5.41 Å². The summed E-state index contributed by atoms with van der Waals surface area (Å²) in [5.74, 6) is 1.51. The highest BCUT2D eigenvalue weighted by Crippen LogP contribution is 2.35. The van der Waals surface area contributed by atoms with E-state index < -0.39 is 0 Å². The fraction of sp³-hybridized carbons (Fsp3) is 0.469. The van der Waals surface area contributed by atoms with Gasteiger partial charge in [-0.15, -0.1) is 5.10 Å². The number of halogens is 1. The number of morpholine rings is 1. The van der Waals surface area contributed by atoms with Gasteiger partial charge in [0, 0.05) is 49.5 Å². The topological polar surface area (TPSA) is 140 Å². The van der Waals surface area contributed by atoms with Crippen molar-refractivity contribution >= 4 is 29.6 Å². The fourth-order valence-corrected chi connectivity index (χ4v) is 6.13. The van der Waals surface area contributed by atoms with E-state index in [9.17, 15) is 0 Å². The standard InChI is InChI=1S/C32H41ClN10O3/c1-23(18-35-22-34)46-30-17-24(3-8-28(30)33)25-19-36-32(37-20-25)39-29-21-43(40-31(29)45-16-13-42-10-2-9-38-42)27-6-4-26(5-7-27)41-11-14-44-15-12-41/h2-3,8-10,17,19-23,26-27H,4-7,11-16,18H2,1H3,(H2,34,35)(H,36,37,39)/t23-,26-,27-/m0/s1. The number of anilines is 2. The van der Waals surface area contributed by atoms with Gasteiger partial charge in [-0.3, -0.25) is 19.7 Å². The lowest BCUT2D eigenvalue weighted by molar-refractivity contribution is 0.00503. The van der Waals surface area contributed by atoms with Crippen molar-refractivity contribution in [3.8, 4) is 22.8 Å². The van der Waals surface area contributed by atoms with E-state index in [0.29, 0.717) is 54.4 Å². The Morgan fingerprint density at radius 3 is 2.63 bits per heavy atom. The molecular weight excluding hydrogens is 608 g/mol. The number of ether oxygens (including phenoxy) is 3. The zero-order chi connectivity index (χ0) is 31.7. The van der Waals surface area contributed by atoms with E-state index in [-0.39, 0.29) is 6.10 Å². The third-order valence-electron chi connectivity index (χ3n) is 8.42. The maximum absolute atomic E-state index is 7.15. The smallest absolute Gasteiger partial charge is 0.257 e. The van der Waals surface area contributed by atoms with Crippen LogP contribution in [0.15, 0.2) is 55.2 Å². The Labute approximate surface area is 273 Å². The molecule has 0 bridgehead atoms. The lowest BCUT2D eigenvalue weighted by Crippen LogP contribution is -2.45. The lowest BCUT2D eigenvalue weighted by Gasteiger charge is -2.38. The SMILES string of the molecule is C[C@@H](CNC=N)Oc1cc(-c2cnc(Nc3cn([C@H]4CC[C@H](N5CCOCC5)CC4)nc3OCCn3cccn3)nc2)ccc1Cl. The van der Waals surface area contributed by atoms with Crippen LogP contribution in [0.3, 0.4) is 0 Å². The molecule has 1 aliphatic heterocycles. The molecule has 1 atom stereocenters. The monoisotopic (exact) mass is 648 g/mol. The van der Waals surface area contributed by atoms with Crippen molar-refractivity contribution in [2.75, 3.05) is 44.8 Å². The Balaban J connectivity index is 1.14. The molecular formula is C32H41ClN10O3. The van der Waals surface area contributed by atoms with Crippen molar-refractivity contribution < 1.29 is 14.2 Å². The minimum absolute atomic E-state index is 0.172. The molecule has 3 aromatic heterocycles. The summed E-state index contributed by atoms with van der Waals surface area (Å²) >= 11 is 6.40. The molecule has 1 aliphatic carbocycles. The third-order valence-corrected chi connectivity index (χ3v) is 8.73. The highest BCUT2D eigenvalue weighted by atomic mass is 35.5. The molecule has 0 unspecified atom stereocenters. The molecule has 2 fully saturated rings. The van der Waals surface area contributed by atoms with Crippen LogP contribution in [0.2, 0.25) is 5.02 Å². The molecule has 14 heteroatoms. The van der Waals surface area contributed by atoms with Crippen LogP contribution in [0, 0.1) is 5.41 Å². The minimum Gasteiger partial charge on any atom is -0.487 e. The van der Waals surface area contributed by atoms with Gasteiger partial charge in [0.25, 0.3) is 5.88 Å². The van der Waals surface area contributed by atoms with Crippen molar-refractivity contribution in [2.45, 2.75) is 57.3 Å². The molecule has 1 saturated carbocycles. The molecule has 244 valence electrons. The van der Waals surface area contributed by atoms with Crippen LogP contribution in [-0.2, 0) is 11.3 Å². The summed E-state index contributed by atoms with van der Waals surface area (Å²) in [6.07, 6.45) is 14.6. The average molecular weight is 649 g/mol. The Hall–Kier alpha value is -4.20. The molecule has 1 saturated heterocycles. The van der Waals surface area contributed by atoms with Crippen LogP contribution in [0.5, 0.6) is 11.6 Å². The zero-order valence-electron chi connectivity index (χ0n) is 26.0. The summed E-state index contributed by atoms with van der Waals surface area (Å²) in [4.78, 5) is 11.8. The number of aromatic nitrogens is 6. The second kappa shape index (κ2) is 15.4. The molecule has 3 N–H and O–H groups in total. The average Bonchev–Trinajstić information content (AvgIpc) is 3.76. The van der Waals surface area contributed by atoms with Crippen LogP contribution in [-0.4, -0.2) is 92.4 Å².